The van der Waals surface area contributed by atoms with E-state index in [0.717, 1.165) is 12.1 Å². The third-order valence-corrected chi connectivity index (χ3v) is 5.86. The molecule has 0 amide bonds. The van der Waals surface area contributed by atoms with Crippen LogP contribution in [0.2, 0.25) is 0 Å². The number of nitrogens with zero attached hydrogens (tertiary/aromatic N) is 4. The van der Waals surface area contributed by atoms with Crippen LogP contribution in [0.15, 0.2) is 47.3 Å². The molecule has 178 valence electrons. The van der Waals surface area contributed by atoms with Gasteiger partial charge < -0.3 is 23.8 Å². The maximum Gasteiger partial charge on any atom is 0.416 e. The van der Waals surface area contributed by atoms with Crippen molar-refractivity contribution >= 4 is 22.5 Å². The number of hydrogen-bond acceptors (Lipinski definition) is 5. The van der Waals surface area contributed by atoms with E-state index in [-0.39, 0.29) is 23.6 Å². The van der Waals surface area contributed by atoms with Crippen LogP contribution in [0.1, 0.15) is 18.9 Å². The number of pyridine rings is 2. The zero-order chi connectivity index (χ0) is 24.5. The molecule has 3 heterocycles. The van der Waals surface area contributed by atoms with Gasteiger partial charge in [-0.05, 0) is 43.3 Å². The first-order chi connectivity index (χ1) is 16.2. The van der Waals surface area contributed by atoms with Gasteiger partial charge in [-0.25, -0.2) is 0 Å². The van der Waals surface area contributed by atoms with Crippen LogP contribution < -0.4 is 15.2 Å². The van der Waals surface area contributed by atoms with E-state index in [0.29, 0.717) is 48.6 Å². The lowest BCUT2D eigenvalue weighted by atomic mass is 10.0. The third kappa shape index (κ3) is 4.70. The summed E-state index contributed by atoms with van der Waals surface area (Å²) in [4.78, 5) is 22.4. The molecule has 1 saturated heterocycles. The Labute approximate surface area is 194 Å². The van der Waals surface area contributed by atoms with Crippen LogP contribution in [0, 0.1) is 6.57 Å². The van der Waals surface area contributed by atoms with Crippen LogP contribution >= 0.6 is 0 Å². The summed E-state index contributed by atoms with van der Waals surface area (Å²) in [6, 6.07) is 9.39. The van der Waals surface area contributed by atoms with E-state index in [1.807, 2.05) is 11.8 Å². The van der Waals surface area contributed by atoms with Crippen molar-refractivity contribution in [2.75, 3.05) is 24.6 Å². The fourth-order valence-corrected chi connectivity index (χ4v) is 4.12. The highest BCUT2D eigenvalue weighted by Crippen LogP contribution is 2.32. The van der Waals surface area contributed by atoms with Gasteiger partial charge in [-0.2, -0.15) is 13.2 Å². The molecular weight excluding hydrogens is 449 g/mol. The van der Waals surface area contributed by atoms with Gasteiger partial charge in [0.05, 0.1) is 16.8 Å². The molecule has 1 aromatic carbocycles. The molecule has 0 aliphatic carbocycles. The first kappa shape index (κ1) is 23.6. The van der Waals surface area contributed by atoms with E-state index in [1.165, 1.54) is 22.8 Å². The van der Waals surface area contributed by atoms with Crippen LogP contribution in [-0.4, -0.2) is 41.5 Å². The van der Waals surface area contributed by atoms with Gasteiger partial charge >= 0.3 is 6.18 Å². The van der Waals surface area contributed by atoms with Gasteiger partial charge in [0.15, 0.2) is 0 Å². The Morgan fingerprint density at radius 3 is 2.56 bits per heavy atom. The molecule has 1 aliphatic rings. The van der Waals surface area contributed by atoms with Crippen LogP contribution in [0.25, 0.3) is 15.9 Å². The molecule has 7 nitrogen and oxygen atoms in total. The van der Waals surface area contributed by atoms with Crippen LogP contribution in [0.4, 0.5) is 24.7 Å². The number of aromatic nitrogens is 2. The summed E-state index contributed by atoms with van der Waals surface area (Å²) in [6.45, 7) is 10.5. The summed E-state index contributed by atoms with van der Waals surface area (Å²) in [5, 5.41) is 0. The largest absolute Gasteiger partial charge is 0.488 e. The lowest BCUT2D eigenvalue weighted by molar-refractivity contribution is -0.137. The number of anilines is 1. The monoisotopic (exact) mass is 472 g/mol. The molecule has 34 heavy (non-hydrogen) atoms. The number of fused-ring (bicyclic) bond motifs is 1. The second kappa shape index (κ2) is 9.35. The third-order valence-electron chi connectivity index (χ3n) is 5.86. The van der Waals surface area contributed by atoms with Gasteiger partial charge in [-0.1, -0.05) is 6.57 Å². The van der Waals surface area contributed by atoms with Gasteiger partial charge in [0, 0.05) is 39.2 Å². The van der Waals surface area contributed by atoms with Gasteiger partial charge in [0.25, 0.3) is 11.4 Å². The average molecular weight is 472 g/mol. The van der Waals surface area contributed by atoms with Crippen molar-refractivity contribution in [2.45, 2.75) is 31.7 Å². The van der Waals surface area contributed by atoms with Crippen molar-refractivity contribution in [3.63, 3.8) is 0 Å². The van der Waals surface area contributed by atoms with E-state index >= 15 is 0 Å². The predicted molar refractivity (Wildman–Crippen MR) is 121 cm³/mol. The van der Waals surface area contributed by atoms with Crippen molar-refractivity contribution in [1.82, 2.24) is 9.55 Å². The van der Waals surface area contributed by atoms with E-state index < -0.39 is 11.7 Å². The van der Waals surface area contributed by atoms with E-state index in [9.17, 15) is 18.0 Å². The van der Waals surface area contributed by atoms with Crippen LogP contribution in [0.5, 0.6) is 5.75 Å². The summed E-state index contributed by atoms with van der Waals surface area (Å²) < 4.78 is 51.9. The molecule has 4 rings (SSSR count). The highest BCUT2D eigenvalue weighted by Gasteiger charge is 2.34. The average Bonchev–Trinajstić information content (AvgIpc) is 2.82. The van der Waals surface area contributed by atoms with Gasteiger partial charge in [0.1, 0.15) is 18.0 Å². The van der Waals surface area contributed by atoms with Crippen molar-refractivity contribution in [3.05, 3.63) is 69.8 Å². The maximum atomic E-state index is 12.8. The molecule has 3 aromatic rings. The number of ether oxygens (including phenoxy) is 2. The molecule has 10 heteroatoms. The number of hydrogen-bond donors (Lipinski definition) is 0. The minimum Gasteiger partial charge on any atom is -0.488 e. The molecule has 2 aromatic heterocycles. The second-order valence-electron chi connectivity index (χ2n) is 7.98. The number of benzene rings is 1. The molecule has 0 unspecified atom stereocenters. The van der Waals surface area contributed by atoms with E-state index in [1.54, 1.807) is 19.2 Å². The van der Waals surface area contributed by atoms with Crippen molar-refractivity contribution in [2.24, 2.45) is 7.05 Å². The van der Waals surface area contributed by atoms with Crippen LogP contribution in [0.3, 0.4) is 0 Å². The molecule has 0 spiro atoms. The van der Waals surface area contributed by atoms with E-state index in [2.05, 4.69) is 9.83 Å². The molecule has 0 bridgehead atoms. The Kier molecular flexibility index (Phi) is 6.48. The first-order valence-corrected chi connectivity index (χ1v) is 10.8. The lowest BCUT2D eigenvalue weighted by Gasteiger charge is -2.39. The Hall–Kier alpha value is -3.58. The Balaban J connectivity index is 1.60. The lowest BCUT2D eigenvalue weighted by Crippen LogP contribution is -2.50. The first-order valence-electron chi connectivity index (χ1n) is 10.8. The molecular formula is C24H23F3N4O3. The summed E-state index contributed by atoms with van der Waals surface area (Å²) in [5.74, 6) is 0.563. The normalized spacial score (nSPS) is 18.6. The minimum atomic E-state index is -4.41. The fraction of sp³-hybridized carbons (Fsp3) is 0.375. The molecule has 2 atom stereocenters. The molecule has 0 radical (unpaired) electrons. The summed E-state index contributed by atoms with van der Waals surface area (Å²) >= 11 is 0. The zero-order valence-corrected chi connectivity index (χ0v) is 18.7. The molecule has 1 fully saturated rings. The molecule has 1 aliphatic heterocycles. The van der Waals surface area contributed by atoms with Crippen molar-refractivity contribution in [3.8, 4) is 5.75 Å². The predicted octanol–water partition coefficient (Wildman–Crippen LogP) is 4.57. The Bertz CT molecular complexity index is 1280. The smallest absolute Gasteiger partial charge is 0.416 e. The number of halogens is 3. The van der Waals surface area contributed by atoms with Crippen molar-refractivity contribution < 1.29 is 22.6 Å². The molecule has 0 N–H and O–H groups in total. The molecule has 0 saturated carbocycles. The summed E-state index contributed by atoms with van der Waals surface area (Å²) in [6.07, 6.45) is -4.65. The van der Waals surface area contributed by atoms with Crippen LogP contribution in [-0.2, 0) is 18.0 Å². The maximum absolute atomic E-state index is 12.8. The number of alkyl halides is 3. The zero-order valence-electron chi connectivity index (χ0n) is 18.7. The summed E-state index contributed by atoms with van der Waals surface area (Å²) in [7, 11) is 1.65. The van der Waals surface area contributed by atoms with Crippen molar-refractivity contribution in [1.29, 1.82) is 0 Å². The summed E-state index contributed by atoms with van der Waals surface area (Å²) in [5.41, 5.74) is 0.844. The highest BCUT2D eigenvalue weighted by atomic mass is 19.4. The number of rotatable bonds is 5. The van der Waals surface area contributed by atoms with E-state index in [4.69, 9.17) is 16.0 Å². The second-order valence-corrected chi connectivity index (χ2v) is 7.98. The topological polar surface area (TPSA) is 61.0 Å². The Morgan fingerprint density at radius 1 is 1.18 bits per heavy atom. The number of aryl methyl sites for hydroxylation is 1. The van der Waals surface area contributed by atoms with Gasteiger partial charge in [0.2, 0.25) is 5.52 Å². The number of piperidine rings is 1. The fourth-order valence-electron chi connectivity index (χ4n) is 4.12. The minimum absolute atomic E-state index is 0.198. The van der Waals surface area contributed by atoms with Gasteiger partial charge in [-0.15, -0.1) is 4.98 Å². The highest BCUT2D eigenvalue weighted by molar-refractivity contribution is 5.89. The Morgan fingerprint density at radius 2 is 1.91 bits per heavy atom. The standard InChI is InChI=1S/C24H23F3N4O3/c1-4-33-20-14-31(12-11-19(20)34-16-7-5-15(6-8-16)24(25,26)27)18-13-22(32)30(3)17-9-10-21(28-2)29-23(17)18/h5-10,13,19-20H,4,11-12,14H2,1,3H3/t19-,20-/m0/s1. The SMILES string of the molecule is [C-]#[N+]c1ccc2c(n1)c(N1CC[C@H](Oc3ccc(C(F)(F)F)cc3)[C@@H](OCC)C1)cc(=O)n2C. The quantitative estimate of drug-likeness (QED) is 0.510. The van der Waals surface area contributed by atoms with Gasteiger partial charge in [-0.3, -0.25) is 4.79 Å².